The number of hydrogen-bond acceptors (Lipinski definition) is 10. The summed E-state index contributed by atoms with van der Waals surface area (Å²) in [4.78, 5) is 23.9. The van der Waals surface area contributed by atoms with Crippen LogP contribution in [-0.2, 0) is 26.0 Å². The summed E-state index contributed by atoms with van der Waals surface area (Å²) in [6, 6.07) is 7.68. The van der Waals surface area contributed by atoms with E-state index in [1.54, 1.807) is 32.0 Å². The molecule has 1 aromatic carbocycles. The van der Waals surface area contributed by atoms with Crippen molar-refractivity contribution in [3.8, 4) is 5.75 Å². The second-order valence-corrected chi connectivity index (χ2v) is 9.88. The van der Waals surface area contributed by atoms with Crippen LogP contribution in [-0.4, -0.2) is 48.2 Å². The lowest BCUT2D eigenvalue weighted by molar-refractivity contribution is -0.137. The number of rotatable bonds is 12. The van der Waals surface area contributed by atoms with Gasteiger partial charge in [-0.1, -0.05) is 6.07 Å². The van der Waals surface area contributed by atoms with Gasteiger partial charge in [-0.15, -0.1) is 0 Å². The molecule has 0 spiro atoms. The Hall–Kier alpha value is -3.74. The summed E-state index contributed by atoms with van der Waals surface area (Å²) in [5.41, 5.74) is -0.319. The summed E-state index contributed by atoms with van der Waals surface area (Å²) in [5, 5.41) is 7.77. The van der Waals surface area contributed by atoms with E-state index in [4.69, 9.17) is 13.8 Å². The van der Waals surface area contributed by atoms with E-state index in [2.05, 4.69) is 30.9 Å². The number of anilines is 4. The van der Waals surface area contributed by atoms with Gasteiger partial charge >= 0.3 is 13.8 Å². The maximum Gasteiger partial charge on any atom is 0.421 e. The summed E-state index contributed by atoms with van der Waals surface area (Å²) >= 11 is 0. The highest BCUT2D eigenvalue weighted by Crippen LogP contribution is 2.51. The Balaban J connectivity index is 1.95. The number of carbonyl (C=O) groups excluding carboxylic acids is 1. The number of benzene rings is 1. The molecule has 3 rings (SSSR count). The number of nitrogens with zero attached hydrogens (tertiary/aromatic N) is 3. The first-order valence-electron chi connectivity index (χ1n) is 11.7. The van der Waals surface area contributed by atoms with Gasteiger partial charge in [-0.3, -0.25) is 9.36 Å². The second kappa shape index (κ2) is 12.9. The highest BCUT2D eigenvalue weighted by Gasteiger charge is 2.36. The predicted octanol–water partition coefficient (Wildman–Crippen LogP) is 5.51. The van der Waals surface area contributed by atoms with Crippen molar-refractivity contribution in [2.75, 3.05) is 38.0 Å². The molecular formula is C24H28F3N6O5P. The molecule has 0 aliphatic carbocycles. The maximum atomic E-state index is 13.7. The largest absolute Gasteiger partial charge is 0.495 e. The number of amides is 1. The molecule has 0 unspecified atom stereocenters. The molecule has 0 aliphatic heterocycles. The van der Waals surface area contributed by atoms with E-state index in [9.17, 15) is 22.5 Å². The molecule has 0 aliphatic rings. The van der Waals surface area contributed by atoms with Crippen molar-refractivity contribution < 1.29 is 36.3 Å². The Morgan fingerprint density at radius 2 is 1.77 bits per heavy atom. The summed E-state index contributed by atoms with van der Waals surface area (Å²) in [7, 11) is -0.602. The number of carbonyl (C=O) groups is 1. The van der Waals surface area contributed by atoms with E-state index < -0.39 is 31.1 Å². The molecule has 1 amide bonds. The zero-order valence-corrected chi connectivity index (χ0v) is 22.5. The van der Waals surface area contributed by atoms with Crippen LogP contribution in [0.3, 0.4) is 0 Å². The Morgan fingerprint density at radius 3 is 2.38 bits per heavy atom. The molecule has 3 aromatic rings. The molecule has 15 heteroatoms. The molecular weight excluding hydrogens is 540 g/mol. The molecule has 0 bridgehead atoms. The van der Waals surface area contributed by atoms with Gasteiger partial charge in [0.1, 0.15) is 17.1 Å². The Bertz CT molecular complexity index is 1350. The van der Waals surface area contributed by atoms with E-state index in [0.29, 0.717) is 23.2 Å². The summed E-state index contributed by atoms with van der Waals surface area (Å²) in [6.07, 6.45) is -2.83. The monoisotopic (exact) mass is 568 g/mol. The SMILES string of the molecule is CCOP(=O)(Cc1ccc(Nc2ncc(C(F)(F)F)c(Nc3cccnc3C(=O)NC)n2)c(OC)c1)OCC. The summed E-state index contributed by atoms with van der Waals surface area (Å²) in [5.74, 6) is -1.08. The number of ether oxygens (including phenoxy) is 1. The number of alkyl halides is 3. The average Bonchev–Trinajstić information content (AvgIpc) is 2.89. The smallest absolute Gasteiger partial charge is 0.421 e. The zero-order valence-electron chi connectivity index (χ0n) is 21.6. The van der Waals surface area contributed by atoms with Gasteiger partial charge in [0.25, 0.3) is 5.91 Å². The number of methoxy groups -OCH3 is 1. The van der Waals surface area contributed by atoms with Gasteiger partial charge in [0.15, 0.2) is 5.69 Å². The van der Waals surface area contributed by atoms with Crippen LogP contribution in [0.4, 0.5) is 36.3 Å². The standard InChI is InChI=1S/C24H28F3N6O5P/c1-5-37-39(35,38-6-2)14-15-9-10-17(19(12-15)36-4)32-23-30-13-16(24(25,26)27)21(33-23)31-18-8-7-11-29-20(18)22(34)28-3/h7-13H,5-6,14H2,1-4H3,(H,28,34)(H2,30,31,32,33). The number of aromatic nitrogens is 3. The van der Waals surface area contributed by atoms with Crippen molar-refractivity contribution in [2.45, 2.75) is 26.2 Å². The molecule has 0 atom stereocenters. The number of halogens is 3. The molecule has 2 heterocycles. The minimum absolute atomic E-state index is 0.00501. The van der Waals surface area contributed by atoms with E-state index in [-0.39, 0.29) is 36.7 Å². The molecule has 0 fully saturated rings. The van der Waals surface area contributed by atoms with E-state index in [1.807, 2.05) is 0 Å². The lowest BCUT2D eigenvalue weighted by atomic mass is 10.2. The van der Waals surface area contributed by atoms with Crippen molar-refractivity contribution >= 4 is 36.6 Å². The Morgan fingerprint density at radius 1 is 1.05 bits per heavy atom. The van der Waals surface area contributed by atoms with Crippen LogP contribution in [0.1, 0.15) is 35.5 Å². The molecule has 3 N–H and O–H groups in total. The van der Waals surface area contributed by atoms with E-state index >= 15 is 0 Å². The maximum absolute atomic E-state index is 13.7. The zero-order chi connectivity index (χ0) is 28.6. The summed E-state index contributed by atoms with van der Waals surface area (Å²) < 4.78 is 70.2. The van der Waals surface area contributed by atoms with Crippen LogP contribution >= 0.6 is 7.60 Å². The Labute approximate surface area is 223 Å². The second-order valence-electron chi connectivity index (χ2n) is 7.82. The number of hydrogen-bond donors (Lipinski definition) is 3. The lowest BCUT2D eigenvalue weighted by Crippen LogP contribution is -2.21. The number of pyridine rings is 1. The fourth-order valence-electron chi connectivity index (χ4n) is 3.48. The van der Waals surface area contributed by atoms with E-state index in [1.165, 1.54) is 32.5 Å². The van der Waals surface area contributed by atoms with Crippen molar-refractivity contribution in [1.29, 1.82) is 0 Å². The molecule has 0 radical (unpaired) electrons. The lowest BCUT2D eigenvalue weighted by Gasteiger charge is -2.18. The quantitative estimate of drug-likeness (QED) is 0.240. The fourth-order valence-corrected chi connectivity index (χ4v) is 5.17. The average molecular weight is 568 g/mol. The fraction of sp³-hybridized carbons (Fsp3) is 0.333. The van der Waals surface area contributed by atoms with Gasteiger partial charge in [-0.25, -0.2) is 9.97 Å². The van der Waals surface area contributed by atoms with Crippen LogP contribution in [0.25, 0.3) is 0 Å². The third-order valence-corrected chi connectivity index (χ3v) is 7.19. The highest BCUT2D eigenvalue weighted by molar-refractivity contribution is 7.53. The van der Waals surface area contributed by atoms with Crippen LogP contribution in [0.15, 0.2) is 42.7 Å². The Kier molecular flexibility index (Phi) is 9.84. The highest BCUT2D eigenvalue weighted by atomic mass is 31.2. The van der Waals surface area contributed by atoms with Gasteiger partial charge in [0, 0.05) is 19.4 Å². The van der Waals surface area contributed by atoms with Crippen LogP contribution < -0.4 is 20.7 Å². The third kappa shape index (κ3) is 7.65. The molecule has 2 aromatic heterocycles. The minimum atomic E-state index is -4.79. The predicted molar refractivity (Wildman–Crippen MR) is 139 cm³/mol. The first-order chi connectivity index (χ1) is 18.5. The van der Waals surface area contributed by atoms with Gasteiger partial charge in [-0.05, 0) is 43.7 Å². The van der Waals surface area contributed by atoms with Crippen LogP contribution in [0.5, 0.6) is 5.75 Å². The van der Waals surface area contributed by atoms with Gasteiger partial charge < -0.3 is 29.7 Å². The van der Waals surface area contributed by atoms with Crippen LogP contribution in [0, 0.1) is 0 Å². The molecule has 11 nitrogen and oxygen atoms in total. The minimum Gasteiger partial charge on any atom is -0.495 e. The summed E-state index contributed by atoms with van der Waals surface area (Å²) in [6.45, 7) is 3.83. The first-order valence-corrected chi connectivity index (χ1v) is 13.5. The molecule has 0 saturated heterocycles. The van der Waals surface area contributed by atoms with Crippen LogP contribution in [0.2, 0.25) is 0 Å². The van der Waals surface area contributed by atoms with Gasteiger partial charge in [-0.2, -0.15) is 18.2 Å². The molecule has 0 saturated carbocycles. The molecule has 210 valence electrons. The van der Waals surface area contributed by atoms with Gasteiger partial charge in [0.05, 0.1) is 37.9 Å². The van der Waals surface area contributed by atoms with Crippen molar-refractivity contribution in [3.63, 3.8) is 0 Å². The normalized spacial score (nSPS) is 11.7. The van der Waals surface area contributed by atoms with Gasteiger partial charge in [0.2, 0.25) is 5.95 Å². The molecule has 39 heavy (non-hydrogen) atoms. The van der Waals surface area contributed by atoms with Crippen molar-refractivity contribution in [2.24, 2.45) is 0 Å². The van der Waals surface area contributed by atoms with Crippen molar-refractivity contribution in [3.05, 3.63) is 59.5 Å². The number of nitrogens with one attached hydrogen (secondary N) is 3. The van der Waals surface area contributed by atoms with E-state index in [0.717, 1.165) is 0 Å². The third-order valence-electron chi connectivity index (χ3n) is 5.14. The van der Waals surface area contributed by atoms with Crippen molar-refractivity contribution in [1.82, 2.24) is 20.3 Å². The topological polar surface area (TPSA) is 137 Å². The first kappa shape index (κ1) is 29.8.